The van der Waals surface area contributed by atoms with Gasteiger partial charge in [0.05, 0.1) is 17.7 Å². The van der Waals surface area contributed by atoms with Gasteiger partial charge in [-0.05, 0) is 61.2 Å². The summed E-state index contributed by atoms with van der Waals surface area (Å²) in [5, 5.41) is 6.23. The number of nitrogens with one attached hydrogen (secondary N) is 2. The third-order valence-electron chi connectivity index (χ3n) is 5.42. The summed E-state index contributed by atoms with van der Waals surface area (Å²) in [6.45, 7) is 2.21. The number of ether oxygens (including phenoxy) is 2. The van der Waals surface area contributed by atoms with Crippen molar-refractivity contribution in [1.82, 2.24) is 15.6 Å². The summed E-state index contributed by atoms with van der Waals surface area (Å²) < 4.78 is 11.0. The number of hydrogen-bond donors (Lipinski definition) is 2. The van der Waals surface area contributed by atoms with E-state index in [1.165, 1.54) is 6.20 Å². The normalized spacial score (nSPS) is 13.7. The van der Waals surface area contributed by atoms with Crippen LogP contribution in [0.15, 0.2) is 60.9 Å². The van der Waals surface area contributed by atoms with Crippen LogP contribution >= 0.6 is 11.6 Å². The van der Waals surface area contributed by atoms with E-state index in [-0.39, 0.29) is 11.8 Å². The number of nitrogens with zero attached hydrogens (tertiary/aromatic N) is 1. The van der Waals surface area contributed by atoms with Crippen molar-refractivity contribution in [2.75, 3.05) is 7.11 Å². The van der Waals surface area contributed by atoms with E-state index in [0.717, 1.165) is 11.1 Å². The van der Waals surface area contributed by atoms with Crippen LogP contribution in [0.4, 0.5) is 0 Å². The molecule has 1 aromatic heterocycles. The molecule has 2 N–H and O–H groups in total. The Hall–Kier alpha value is -3.58. The molecule has 1 aliphatic rings. The average molecular weight is 466 g/mol. The van der Waals surface area contributed by atoms with Gasteiger partial charge < -0.3 is 20.1 Å². The molecule has 2 aromatic carbocycles. The van der Waals surface area contributed by atoms with Crippen molar-refractivity contribution in [2.45, 2.75) is 31.8 Å². The largest absolute Gasteiger partial charge is 0.497 e. The first-order valence-corrected chi connectivity index (χ1v) is 10.9. The molecule has 3 aromatic rings. The highest BCUT2D eigenvalue weighted by molar-refractivity contribution is 6.32. The smallest absolute Gasteiger partial charge is 0.253 e. The molecule has 1 heterocycles. The predicted molar refractivity (Wildman–Crippen MR) is 125 cm³/mol. The topological polar surface area (TPSA) is 89.5 Å². The fraction of sp³-hybridized carbons (Fsp3) is 0.240. The molecule has 2 amide bonds. The minimum absolute atomic E-state index is 0.193. The number of carbonyl (C=O) groups excluding carboxylic acids is 2. The van der Waals surface area contributed by atoms with Gasteiger partial charge in [-0.2, -0.15) is 0 Å². The Bertz CT molecular complexity index is 1180. The maximum atomic E-state index is 12.7. The molecule has 4 rings (SSSR count). The summed E-state index contributed by atoms with van der Waals surface area (Å²) >= 11 is 6.22. The van der Waals surface area contributed by atoms with Crippen molar-refractivity contribution in [1.29, 1.82) is 0 Å². The van der Waals surface area contributed by atoms with Gasteiger partial charge in [-0.15, -0.1) is 0 Å². The minimum atomic E-state index is -0.852. The Morgan fingerprint density at radius 2 is 1.79 bits per heavy atom. The zero-order chi connectivity index (χ0) is 23.4. The monoisotopic (exact) mass is 465 g/mol. The molecule has 0 aliphatic heterocycles. The third kappa shape index (κ3) is 5.43. The third-order valence-corrected chi connectivity index (χ3v) is 5.71. The van der Waals surface area contributed by atoms with E-state index in [4.69, 9.17) is 21.1 Å². The summed E-state index contributed by atoms with van der Waals surface area (Å²) in [4.78, 5) is 29.3. The molecular formula is C25H24ClN3O4. The quantitative estimate of drug-likeness (QED) is 0.514. The van der Waals surface area contributed by atoms with Crippen LogP contribution in [0.25, 0.3) is 0 Å². The molecule has 1 aliphatic carbocycles. The first kappa shape index (κ1) is 22.6. The van der Waals surface area contributed by atoms with E-state index >= 15 is 0 Å². The molecule has 0 bridgehead atoms. The highest BCUT2D eigenvalue weighted by Crippen LogP contribution is 2.36. The molecule has 0 saturated heterocycles. The maximum Gasteiger partial charge on any atom is 0.253 e. The second kappa shape index (κ2) is 9.50. The second-order valence-corrected chi connectivity index (χ2v) is 8.42. The van der Waals surface area contributed by atoms with Crippen molar-refractivity contribution in [2.24, 2.45) is 0 Å². The van der Waals surface area contributed by atoms with Crippen LogP contribution in [-0.2, 0) is 11.3 Å². The fourth-order valence-electron chi connectivity index (χ4n) is 3.35. The lowest BCUT2D eigenvalue weighted by Crippen LogP contribution is -2.48. The van der Waals surface area contributed by atoms with Crippen LogP contribution in [0.3, 0.4) is 0 Å². The fourth-order valence-corrected chi connectivity index (χ4v) is 3.56. The Morgan fingerprint density at radius 1 is 1.06 bits per heavy atom. The molecule has 1 fully saturated rings. The molecule has 0 spiro atoms. The maximum absolute atomic E-state index is 12.7. The molecule has 0 radical (unpaired) electrons. The van der Waals surface area contributed by atoms with Crippen LogP contribution in [0.2, 0.25) is 5.02 Å². The lowest BCUT2D eigenvalue weighted by molar-refractivity contribution is -0.124. The van der Waals surface area contributed by atoms with Crippen molar-refractivity contribution in [3.05, 3.63) is 82.6 Å². The zero-order valence-electron chi connectivity index (χ0n) is 18.4. The summed E-state index contributed by atoms with van der Waals surface area (Å²) in [7, 11) is 1.57. The zero-order valence-corrected chi connectivity index (χ0v) is 19.1. The molecule has 170 valence electrons. The first-order valence-electron chi connectivity index (χ1n) is 10.5. The first-order chi connectivity index (χ1) is 15.9. The van der Waals surface area contributed by atoms with Crippen molar-refractivity contribution >= 4 is 23.4 Å². The lowest BCUT2D eigenvalue weighted by atomic mass is 10.1. The Labute approximate surface area is 197 Å². The molecule has 1 saturated carbocycles. The van der Waals surface area contributed by atoms with Gasteiger partial charge in [-0.25, -0.2) is 0 Å². The second-order valence-electron chi connectivity index (χ2n) is 8.01. The lowest BCUT2D eigenvalue weighted by Gasteiger charge is -2.17. The van der Waals surface area contributed by atoms with E-state index in [0.29, 0.717) is 47.2 Å². The van der Waals surface area contributed by atoms with E-state index in [1.807, 2.05) is 19.1 Å². The van der Waals surface area contributed by atoms with Gasteiger partial charge >= 0.3 is 0 Å². The standard InChI is InChI=1S/C25H24ClN3O4/c1-16-11-18(15-27-13-16)23(30)29-25(9-10-25)24(31)28-14-17-3-5-19(6-4-17)33-22-8-7-20(32-2)12-21(22)26/h3-8,11-13,15H,9-10,14H2,1-2H3,(H,28,31)(H,29,30). The molecule has 0 atom stereocenters. The number of aromatic nitrogens is 1. The molecular weight excluding hydrogens is 442 g/mol. The van der Waals surface area contributed by atoms with Crippen LogP contribution in [0, 0.1) is 6.92 Å². The van der Waals surface area contributed by atoms with Gasteiger partial charge in [-0.3, -0.25) is 14.6 Å². The molecule has 8 heteroatoms. The number of amides is 2. The Kier molecular flexibility index (Phi) is 6.51. The van der Waals surface area contributed by atoms with Gasteiger partial charge in [0.15, 0.2) is 0 Å². The number of aryl methyl sites for hydroxylation is 1. The van der Waals surface area contributed by atoms with E-state index < -0.39 is 5.54 Å². The number of pyridine rings is 1. The number of rotatable bonds is 8. The van der Waals surface area contributed by atoms with Gasteiger partial charge in [0.25, 0.3) is 5.91 Å². The summed E-state index contributed by atoms with van der Waals surface area (Å²) in [5.41, 5.74) is 1.39. The van der Waals surface area contributed by atoms with Crippen molar-refractivity contribution in [3.8, 4) is 17.2 Å². The minimum Gasteiger partial charge on any atom is -0.497 e. The molecule has 33 heavy (non-hydrogen) atoms. The summed E-state index contributed by atoms with van der Waals surface area (Å²) in [5.74, 6) is 1.31. The predicted octanol–water partition coefficient (Wildman–Crippen LogP) is 4.42. The average Bonchev–Trinajstić information content (AvgIpc) is 3.60. The highest BCUT2D eigenvalue weighted by Gasteiger charge is 2.51. The van der Waals surface area contributed by atoms with Crippen LogP contribution < -0.4 is 20.1 Å². The van der Waals surface area contributed by atoms with Gasteiger partial charge in [-0.1, -0.05) is 23.7 Å². The number of methoxy groups -OCH3 is 1. The van der Waals surface area contributed by atoms with Crippen molar-refractivity contribution in [3.63, 3.8) is 0 Å². The number of carbonyl (C=O) groups is 2. The van der Waals surface area contributed by atoms with Gasteiger partial charge in [0.1, 0.15) is 22.8 Å². The van der Waals surface area contributed by atoms with E-state index in [2.05, 4.69) is 15.6 Å². The van der Waals surface area contributed by atoms with Crippen LogP contribution in [0.5, 0.6) is 17.2 Å². The molecule has 7 nitrogen and oxygen atoms in total. The number of benzene rings is 2. The van der Waals surface area contributed by atoms with Gasteiger partial charge in [0.2, 0.25) is 5.91 Å². The summed E-state index contributed by atoms with van der Waals surface area (Å²) in [6.07, 6.45) is 4.40. The molecule has 0 unspecified atom stereocenters. The van der Waals surface area contributed by atoms with Crippen LogP contribution in [0.1, 0.15) is 34.3 Å². The van der Waals surface area contributed by atoms with Crippen molar-refractivity contribution < 1.29 is 19.1 Å². The number of hydrogen-bond acceptors (Lipinski definition) is 5. The Morgan fingerprint density at radius 3 is 2.42 bits per heavy atom. The van der Waals surface area contributed by atoms with Crippen LogP contribution in [-0.4, -0.2) is 29.4 Å². The summed E-state index contributed by atoms with van der Waals surface area (Å²) in [6, 6.07) is 14.3. The van der Waals surface area contributed by atoms with E-state index in [1.54, 1.807) is 49.7 Å². The van der Waals surface area contributed by atoms with E-state index in [9.17, 15) is 9.59 Å². The number of halogens is 1. The Balaban J connectivity index is 1.31. The van der Waals surface area contributed by atoms with Gasteiger partial charge in [0, 0.05) is 25.0 Å². The SMILES string of the molecule is COc1ccc(Oc2ccc(CNC(=O)C3(NC(=O)c4cncc(C)c4)CC3)cc2)c(Cl)c1. The highest BCUT2D eigenvalue weighted by atomic mass is 35.5.